The number of aryl methyl sites for hydroxylation is 2. The number of Topliss-reactive ketones (excluding diaryl/α,β-unsaturated/α-hetero) is 1. The second kappa shape index (κ2) is 17.3. The Kier molecular flexibility index (Phi) is 14.2. The van der Waals surface area contributed by atoms with Gasteiger partial charge in [0.05, 0.1) is 47.3 Å². The van der Waals surface area contributed by atoms with Crippen LogP contribution in [0.1, 0.15) is 55.9 Å². The van der Waals surface area contributed by atoms with Crippen molar-refractivity contribution in [3.63, 3.8) is 0 Å². The number of sulfone groups is 1. The lowest BCUT2D eigenvalue weighted by atomic mass is 9.98. The van der Waals surface area contributed by atoms with Crippen LogP contribution in [0.2, 0.25) is 0 Å². The monoisotopic (exact) mass is 606 g/mol. The Morgan fingerprint density at radius 3 is 1.93 bits per heavy atom. The molecule has 3 rings (SSSR count). The number of ketones is 1. The van der Waals surface area contributed by atoms with Crippen LogP contribution < -0.4 is 5.73 Å². The quantitative estimate of drug-likeness (QED) is 0.256. The van der Waals surface area contributed by atoms with Gasteiger partial charge in [0.25, 0.3) is 0 Å². The molecule has 0 aromatic heterocycles. The third-order valence-corrected chi connectivity index (χ3v) is 8.18. The lowest BCUT2D eigenvalue weighted by Gasteiger charge is -2.22. The van der Waals surface area contributed by atoms with Gasteiger partial charge in [-0.15, -0.1) is 0 Å². The summed E-state index contributed by atoms with van der Waals surface area (Å²) < 4.78 is 29.6. The molecule has 43 heavy (non-hydrogen) atoms. The van der Waals surface area contributed by atoms with Gasteiger partial charge in [-0.3, -0.25) is 9.59 Å². The Bertz CT molecular complexity index is 1430. The molecule has 0 fully saturated rings. The van der Waals surface area contributed by atoms with Crippen molar-refractivity contribution in [1.29, 1.82) is 5.26 Å². The molecule has 0 saturated heterocycles. The van der Waals surface area contributed by atoms with Crippen molar-refractivity contribution in [3.8, 4) is 6.07 Å². The maximum Gasteiger partial charge on any atom is 0.309 e. The van der Waals surface area contributed by atoms with E-state index < -0.39 is 39.1 Å². The molecule has 0 aliphatic heterocycles. The first-order valence-corrected chi connectivity index (χ1v) is 16.0. The molecule has 0 spiro atoms. The Morgan fingerprint density at radius 1 is 0.884 bits per heavy atom. The number of carbonyl (C=O) groups excluding carboxylic acids is 1. The van der Waals surface area contributed by atoms with Crippen molar-refractivity contribution in [2.45, 2.75) is 63.9 Å². The molecule has 0 heterocycles. The van der Waals surface area contributed by atoms with E-state index >= 15 is 0 Å². The Morgan fingerprint density at radius 2 is 1.42 bits per heavy atom. The molecule has 230 valence electrons. The summed E-state index contributed by atoms with van der Waals surface area (Å²) in [5.41, 5.74) is 9.03. The molecule has 3 N–H and O–H groups in total. The number of rotatable bonds is 14. The van der Waals surface area contributed by atoms with Gasteiger partial charge in [-0.1, -0.05) is 72.8 Å². The summed E-state index contributed by atoms with van der Waals surface area (Å²) in [6.45, 7) is 5.27. The van der Waals surface area contributed by atoms with Crippen LogP contribution in [0.3, 0.4) is 0 Å². The fourth-order valence-electron chi connectivity index (χ4n) is 4.06. The zero-order chi connectivity index (χ0) is 31.9. The highest BCUT2D eigenvalue weighted by atomic mass is 32.2. The molecular formula is C34H42N2O6S. The van der Waals surface area contributed by atoms with Crippen molar-refractivity contribution in [3.05, 3.63) is 107 Å². The van der Waals surface area contributed by atoms with Gasteiger partial charge >= 0.3 is 5.97 Å². The van der Waals surface area contributed by atoms with E-state index in [4.69, 9.17) is 20.8 Å². The number of carboxylic acids is 1. The Balaban J connectivity index is 0.000000301. The van der Waals surface area contributed by atoms with Crippen LogP contribution in [0.5, 0.6) is 0 Å². The average molecular weight is 607 g/mol. The number of hydrogen-bond acceptors (Lipinski definition) is 7. The first-order chi connectivity index (χ1) is 20.3. The topological polar surface area (TPSA) is 148 Å². The molecule has 3 aromatic carbocycles. The number of carbonyl (C=O) groups is 2. The first kappa shape index (κ1) is 35.4. The van der Waals surface area contributed by atoms with Gasteiger partial charge in [0.15, 0.2) is 9.84 Å². The third kappa shape index (κ3) is 14.8. The average Bonchev–Trinajstić information content (AvgIpc) is 2.97. The predicted octanol–water partition coefficient (Wildman–Crippen LogP) is 5.14. The van der Waals surface area contributed by atoms with Crippen LogP contribution in [-0.2, 0) is 42.8 Å². The summed E-state index contributed by atoms with van der Waals surface area (Å²) in [5, 5.41) is 17.9. The minimum Gasteiger partial charge on any atom is -0.481 e. The Labute approximate surface area is 255 Å². The summed E-state index contributed by atoms with van der Waals surface area (Å²) in [6.07, 6.45) is 2.62. The molecule has 0 amide bonds. The second-order valence-corrected chi connectivity index (χ2v) is 13.5. The molecule has 2 atom stereocenters. The molecule has 0 aliphatic rings. The summed E-state index contributed by atoms with van der Waals surface area (Å²) in [5.74, 6) is -2.70. The molecule has 0 unspecified atom stereocenters. The molecule has 9 heteroatoms. The van der Waals surface area contributed by atoms with Gasteiger partial charge in [0, 0.05) is 6.42 Å². The lowest BCUT2D eigenvalue weighted by molar-refractivity contribution is -0.144. The molecule has 0 saturated carbocycles. The van der Waals surface area contributed by atoms with E-state index in [1.807, 2.05) is 42.5 Å². The summed E-state index contributed by atoms with van der Waals surface area (Å²) in [4.78, 5) is 23.3. The van der Waals surface area contributed by atoms with Gasteiger partial charge < -0.3 is 15.6 Å². The fraction of sp³-hybridized carbons (Fsp3) is 0.382. The smallest absolute Gasteiger partial charge is 0.309 e. The number of aliphatic carboxylic acids is 1. The summed E-state index contributed by atoms with van der Waals surface area (Å²) >= 11 is 0. The number of nitrogens with zero attached hydrogens (tertiary/aromatic N) is 1. The predicted molar refractivity (Wildman–Crippen MR) is 168 cm³/mol. The van der Waals surface area contributed by atoms with Crippen LogP contribution in [-0.4, -0.2) is 49.3 Å². The Hall–Kier alpha value is -3.84. The summed E-state index contributed by atoms with van der Waals surface area (Å²) in [7, 11) is -3.51. The SMILES string of the molecule is CC(C)(C)OC[C@@H](CS(=O)(=O)Cc1ccccc1)C(=O)O.N#Cc1ccc(CCC(=O)[C@@H](N)CCc2ccccc2)cc1. The van der Waals surface area contributed by atoms with Crippen LogP contribution >= 0.6 is 0 Å². The normalized spacial score (nSPS) is 12.7. The van der Waals surface area contributed by atoms with Gasteiger partial charge in [0.1, 0.15) is 5.78 Å². The van der Waals surface area contributed by atoms with E-state index in [0.29, 0.717) is 30.4 Å². The van der Waals surface area contributed by atoms with Crippen molar-refractivity contribution in [1.82, 2.24) is 0 Å². The number of hydrogen-bond donors (Lipinski definition) is 2. The van der Waals surface area contributed by atoms with E-state index in [9.17, 15) is 18.0 Å². The van der Waals surface area contributed by atoms with Crippen LogP contribution in [0.15, 0.2) is 84.9 Å². The van der Waals surface area contributed by atoms with Crippen molar-refractivity contribution >= 4 is 21.6 Å². The minimum atomic E-state index is -3.51. The fourth-order valence-corrected chi connectivity index (χ4v) is 5.73. The highest BCUT2D eigenvalue weighted by Gasteiger charge is 2.27. The first-order valence-electron chi connectivity index (χ1n) is 14.2. The molecular weight excluding hydrogens is 564 g/mol. The van der Waals surface area contributed by atoms with E-state index in [1.54, 1.807) is 63.2 Å². The highest BCUT2D eigenvalue weighted by molar-refractivity contribution is 7.90. The standard InChI is InChI=1S/C19H20N2O.C15H22O5S/c20-14-17-8-6-16(7-9-17)11-13-19(22)18(21)12-10-15-4-2-1-3-5-15;1-15(2,3)20-9-13(14(16)17)11-21(18,19)10-12-7-5-4-6-8-12/h1-9,18H,10-13,21H2;4-8,13H,9-11H2,1-3H3,(H,16,17)/t18-;13-/m00/s1. The zero-order valence-electron chi connectivity index (χ0n) is 25.1. The van der Waals surface area contributed by atoms with Crippen molar-refractivity contribution in [2.24, 2.45) is 11.7 Å². The van der Waals surface area contributed by atoms with Gasteiger partial charge in [-0.05, 0) is 68.9 Å². The van der Waals surface area contributed by atoms with E-state index in [0.717, 1.165) is 12.0 Å². The molecule has 3 aromatic rings. The number of benzene rings is 3. The number of carboxylic acid groups (broad SMARTS) is 1. The van der Waals surface area contributed by atoms with E-state index in [-0.39, 0.29) is 18.1 Å². The second-order valence-electron chi connectivity index (χ2n) is 11.4. The molecule has 0 aliphatic carbocycles. The number of ether oxygens (including phenoxy) is 1. The molecule has 8 nitrogen and oxygen atoms in total. The minimum absolute atomic E-state index is 0.0975. The lowest BCUT2D eigenvalue weighted by Crippen LogP contribution is -2.32. The number of nitrogens with two attached hydrogens (primary N) is 1. The zero-order valence-corrected chi connectivity index (χ0v) is 25.9. The molecule has 0 radical (unpaired) electrons. The third-order valence-electron chi connectivity index (χ3n) is 6.49. The maximum atomic E-state index is 12.1. The van der Waals surface area contributed by atoms with Crippen LogP contribution in [0.25, 0.3) is 0 Å². The van der Waals surface area contributed by atoms with Gasteiger partial charge in [-0.2, -0.15) is 5.26 Å². The maximum absolute atomic E-state index is 12.1. The summed E-state index contributed by atoms with van der Waals surface area (Å²) in [6, 6.07) is 27.8. The largest absolute Gasteiger partial charge is 0.481 e. The number of nitriles is 1. The molecule has 0 bridgehead atoms. The van der Waals surface area contributed by atoms with Crippen molar-refractivity contribution in [2.75, 3.05) is 12.4 Å². The van der Waals surface area contributed by atoms with Crippen LogP contribution in [0, 0.1) is 17.2 Å². The highest BCUT2D eigenvalue weighted by Crippen LogP contribution is 2.15. The van der Waals surface area contributed by atoms with Crippen molar-refractivity contribution < 1.29 is 27.9 Å². The van der Waals surface area contributed by atoms with E-state index in [1.165, 1.54) is 5.56 Å². The van der Waals surface area contributed by atoms with E-state index in [2.05, 4.69) is 6.07 Å². The van der Waals surface area contributed by atoms with Crippen LogP contribution in [0.4, 0.5) is 0 Å². The van der Waals surface area contributed by atoms with Gasteiger partial charge in [0.2, 0.25) is 0 Å². The van der Waals surface area contributed by atoms with Gasteiger partial charge in [-0.25, -0.2) is 8.42 Å².